The predicted molar refractivity (Wildman–Crippen MR) is 74.9 cm³/mol. The van der Waals surface area contributed by atoms with E-state index in [-0.39, 0.29) is 9.42 Å². The lowest BCUT2D eigenvalue weighted by Gasteiger charge is -2.04. The van der Waals surface area contributed by atoms with E-state index < -0.39 is 15.1 Å². The second kappa shape index (κ2) is 6.14. The van der Waals surface area contributed by atoms with Gasteiger partial charge in [0.05, 0.1) is 10.00 Å². The van der Waals surface area contributed by atoms with E-state index in [0.29, 0.717) is 5.56 Å². The van der Waals surface area contributed by atoms with Crippen molar-refractivity contribution in [3.05, 3.63) is 71.1 Å². The fourth-order valence-electron chi connectivity index (χ4n) is 1.54. The van der Waals surface area contributed by atoms with Crippen LogP contribution in [0.5, 0.6) is 0 Å². The summed E-state index contributed by atoms with van der Waals surface area (Å²) in [6.45, 7) is 0. The van der Waals surface area contributed by atoms with Crippen LogP contribution < -0.4 is 0 Å². The highest BCUT2D eigenvalue weighted by Gasteiger charge is 2.36. The van der Waals surface area contributed by atoms with Crippen LogP contribution in [0.15, 0.2) is 70.7 Å². The Bertz CT molecular complexity index is 746. The van der Waals surface area contributed by atoms with Crippen molar-refractivity contribution in [2.75, 3.05) is 0 Å². The summed E-state index contributed by atoms with van der Waals surface area (Å²) in [7, 11) is -4.27. The molecule has 0 amide bonds. The van der Waals surface area contributed by atoms with E-state index in [0.717, 1.165) is 6.21 Å². The van der Waals surface area contributed by atoms with Gasteiger partial charge in [-0.15, -0.1) is 0 Å². The van der Waals surface area contributed by atoms with E-state index >= 15 is 0 Å². The Morgan fingerprint density at radius 1 is 1.00 bits per heavy atom. The van der Waals surface area contributed by atoms with E-state index in [1.165, 1.54) is 24.3 Å². The molecule has 2 aromatic carbocycles. The first kappa shape index (κ1) is 14.7. The largest absolute Gasteiger partial charge is 0.340 e. The molecule has 0 radical (unpaired) electrons. The van der Waals surface area contributed by atoms with Crippen molar-refractivity contribution in [1.29, 1.82) is 0 Å². The summed E-state index contributed by atoms with van der Waals surface area (Å²) in [4.78, 5) is 10.9. The molecule has 0 saturated carbocycles. The summed E-state index contributed by atoms with van der Waals surface area (Å²) in [5, 5.41) is 11.7. The molecule has 0 aliphatic carbocycles. The standard InChI is InChI=1S/C13H12N3O4S/c17-16(18)15(14-11-12-7-3-1-4-8-12)21(19,20)13-9-5-2-6-10-13/h1-11H,(H,17,18)/q+1/b14-11+. The third-order valence-electron chi connectivity index (χ3n) is 2.51. The van der Waals surface area contributed by atoms with E-state index in [4.69, 9.17) is 5.21 Å². The van der Waals surface area contributed by atoms with Gasteiger partial charge in [-0.1, -0.05) is 48.5 Å². The molecule has 0 spiro atoms. The Labute approximate surface area is 121 Å². The van der Waals surface area contributed by atoms with Gasteiger partial charge >= 0.3 is 10.0 Å². The van der Waals surface area contributed by atoms with Gasteiger partial charge in [-0.05, 0) is 12.1 Å². The van der Waals surface area contributed by atoms with Crippen molar-refractivity contribution >= 4 is 16.2 Å². The summed E-state index contributed by atoms with van der Waals surface area (Å²) < 4.78 is 24.4. The molecule has 0 unspecified atom stereocenters. The molecule has 108 valence electrons. The average molecular weight is 306 g/mol. The lowest BCUT2D eigenvalue weighted by Crippen LogP contribution is -2.33. The Kier molecular flexibility index (Phi) is 4.29. The van der Waals surface area contributed by atoms with Crippen molar-refractivity contribution in [3.63, 3.8) is 0 Å². The molecular formula is C13H12N3O4S+. The number of rotatable bonds is 5. The fraction of sp³-hybridized carbons (Fsp3) is 0. The minimum Gasteiger partial charge on any atom is -0.296 e. The van der Waals surface area contributed by atoms with E-state index in [9.17, 15) is 13.3 Å². The second-order valence-electron chi connectivity index (χ2n) is 3.95. The molecule has 0 aliphatic heterocycles. The molecule has 7 nitrogen and oxygen atoms in total. The van der Waals surface area contributed by atoms with Crippen LogP contribution in [0.1, 0.15) is 5.56 Å². The Hall–Kier alpha value is -2.74. The zero-order valence-corrected chi connectivity index (χ0v) is 11.6. The molecule has 0 atom stereocenters. The average Bonchev–Trinajstić information content (AvgIpc) is 2.49. The minimum atomic E-state index is -4.27. The third kappa shape index (κ3) is 3.42. The molecule has 0 bridgehead atoms. The fourth-order valence-corrected chi connectivity index (χ4v) is 2.58. The molecule has 0 aromatic heterocycles. The van der Waals surface area contributed by atoms with Crippen molar-refractivity contribution in [2.45, 2.75) is 4.90 Å². The number of sulfonamides is 1. The molecule has 0 heterocycles. The van der Waals surface area contributed by atoms with Crippen LogP contribution >= 0.6 is 0 Å². The number of hydrazine groups is 1. The van der Waals surface area contributed by atoms with Gasteiger partial charge in [0.1, 0.15) is 0 Å². The SMILES string of the molecule is O=[N+](O)N(/N=C/c1ccccc1)S(=O)(=O)c1ccccc1. The lowest BCUT2D eigenvalue weighted by atomic mass is 10.2. The molecule has 8 heteroatoms. The monoisotopic (exact) mass is 306 g/mol. The zero-order valence-electron chi connectivity index (χ0n) is 10.8. The second-order valence-corrected chi connectivity index (χ2v) is 5.70. The maximum Gasteiger partial charge on any atom is 0.340 e. The van der Waals surface area contributed by atoms with Gasteiger partial charge in [-0.2, -0.15) is 8.42 Å². The van der Waals surface area contributed by atoms with Crippen LogP contribution in [0.3, 0.4) is 0 Å². The van der Waals surface area contributed by atoms with Crippen LogP contribution in [-0.4, -0.2) is 29.4 Å². The first-order chi connectivity index (χ1) is 10.0. The number of benzene rings is 2. The van der Waals surface area contributed by atoms with Gasteiger partial charge in [0.25, 0.3) is 5.03 Å². The van der Waals surface area contributed by atoms with Gasteiger partial charge in [0.2, 0.25) is 0 Å². The van der Waals surface area contributed by atoms with Gasteiger partial charge in [-0.3, -0.25) is 5.21 Å². The van der Waals surface area contributed by atoms with Gasteiger partial charge in [0.15, 0.2) is 10.7 Å². The van der Waals surface area contributed by atoms with E-state index in [1.807, 2.05) is 0 Å². The molecule has 0 fully saturated rings. The summed E-state index contributed by atoms with van der Waals surface area (Å²) in [6, 6.07) is 15.8. The van der Waals surface area contributed by atoms with Crippen molar-refractivity contribution in [1.82, 2.24) is 4.52 Å². The molecular weight excluding hydrogens is 294 g/mol. The molecule has 0 aliphatic rings. The van der Waals surface area contributed by atoms with Crippen LogP contribution in [0, 0.1) is 4.91 Å². The van der Waals surface area contributed by atoms with Crippen molar-refractivity contribution < 1.29 is 18.7 Å². The molecule has 21 heavy (non-hydrogen) atoms. The van der Waals surface area contributed by atoms with E-state index in [2.05, 4.69) is 5.10 Å². The number of nitrogens with zero attached hydrogens (tertiary/aromatic N) is 3. The maximum atomic E-state index is 12.2. The van der Waals surface area contributed by atoms with Gasteiger partial charge in [0, 0.05) is 10.5 Å². The maximum absolute atomic E-state index is 12.2. The van der Waals surface area contributed by atoms with Crippen LogP contribution in [0.4, 0.5) is 0 Å². The van der Waals surface area contributed by atoms with Crippen molar-refractivity contribution in [3.8, 4) is 0 Å². The highest BCUT2D eigenvalue weighted by atomic mass is 32.2. The zero-order chi connectivity index (χ0) is 15.3. The third-order valence-corrected chi connectivity index (χ3v) is 4.04. The normalized spacial score (nSPS) is 11.4. The van der Waals surface area contributed by atoms with E-state index in [1.54, 1.807) is 36.4 Å². The lowest BCUT2D eigenvalue weighted by molar-refractivity contribution is -0.882. The Morgan fingerprint density at radius 3 is 2.05 bits per heavy atom. The topological polar surface area (TPSA) is 90.1 Å². The summed E-state index contributed by atoms with van der Waals surface area (Å²) in [5.74, 6) is 0. The number of hydrogen-bond donors (Lipinski definition) is 1. The Balaban J connectivity index is 2.36. The smallest absolute Gasteiger partial charge is 0.296 e. The predicted octanol–water partition coefficient (Wildman–Crippen LogP) is 1.79. The molecule has 0 saturated heterocycles. The van der Waals surface area contributed by atoms with Gasteiger partial charge in [-0.25, -0.2) is 0 Å². The first-order valence-electron chi connectivity index (χ1n) is 5.87. The van der Waals surface area contributed by atoms with Gasteiger partial charge < -0.3 is 0 Å². The highest BCUT2D eigenvalue weighted by molar-refractivity contribution is 7.89. The Morgan fingerprint density at radius 2 is 1.52 bits per heavy atom. The summed E-state index contributed by atoms with van der Waals surface area (Å²) in [6.07, 6.45) is 1.15. The summed E-state index contributed by atoms with van der Waals surface area (Å²) >= 11 is 0. The van der Waals surface area contributed by atoms with Crippen molar-refractivity contribution in [2.24, 2.45) is 5.10 Å². The number of hydrazone groups is 1. The van der Waals surface area contributed by atoms with Crippen LogP contribution in [0.2, 0.25) is 0 Å². The molecule has 2 rings (SSSR count). The quantitative estimate of drug-likeness (QED) is 0.673. The first-order valence-corrected chi connectivity index (χ1v) is 7.31. The molecule has 1 N–H and O–H groups in total. The highest BCUT2D eigenvalue weighted by Crippen LogP contribution is 2.15. The van der Waals surface area contributed by atoms with Crippen LogP contribution in [0.25, 0.3) is 0 Å². The summed E-state index contributed by atoms with van der Waals surface area (Å²) in [5.41, 5.74) is 0.576. The van der Waals surface area contributed by atoms with Crippen LogP contribution in [-0.2, 0) is 10.0 Å². The minimum absolute atomic E-state index is 0.0324. The number of hydrogen-bond acceptors (Lipinski definition) is 4. The molecule has 2 aromatic rings.